The first-order valence-corrected chi connectivity index (χ1v) is 5.54. The van der Waals surface area contributed by atoms with Crippen molar-refractivity contribution >= 4 is 21.7 Å². The summed E-state index contributed by atoms with van der Waals surface area (Å²) in [6, 6.07) is 3.86. The minimum Gasteiger partial charge on any atom is -0.394 e. The second kappa shape index (κ2) is 3.87. The van der Waals surface area contributed by atoms with Crippen LogP contribution >= 0.6 is 15.9 Å². The van der Waals surface area contributed by atoms with Gasteiger partial charge in [-0.15, -0.1) is 0 Å². The molecule has 1 aliphatic rings. The third-order valence-corrected chi connectivity index (χ3v) is 3.20. The van der Waals surface area contributed by atoms with Gasteiger partial charge in [-0.2, -0.15) is 0 Å². The summed E-state index contributed by atoms with van der Waals surface area (Å²) in [5.41, 5.74) is -0.110. The Morgan fingerprint density at radius 2 is 2.29 bits per heavy atom. The molecule has 14 heavy (non-hydrogen) atoms. The summed E-state index contributed by atoms with van der Waals surface area (Å²) >= 11 is 3.33. The number of aromatic nitrogens is 1. The lowest BCUT2D eigenvalue weighted by Gasteiger charge is -2.41. The number of aliphatic hydroxyl groups is 1. The summed E-state index contributed by atoms with van der Waals surface area (Å²) in [6.07, 6.45) is 5.00. The molecule has 0 bridgehead atoms. The number of aliphatic hydroxyl groups excluding tert-OH is 1. The lowest BCUT2D eigenvalue weighted by Crippen LogP contribution is -2.48. The molecule has 2 N–H and O–H groups in total. The highest BCUT2D eigenvalue weighted by molar-refractivity contribution is 9.10. The predicted molar refractivity (Wildman–Crippen MR) is 59.2 cm³/mol. The number of hydrogen-bond donors (Lipinski definition) is 2. The van der Waals surface area contributed by atoms with Gasteiger partial charge < -0.3 is 10.4 Å². The molecule has 0 spiro atoms. The molecule has 1 saturated carbocycles. The fourth-order valence-electron chi connectivity index (χ4n) is 1.65. The number of nitrogens with zero attached hydrogens (tertiary/aromatic N) is 1. The molecule has 1 aromatic heterocycles. The van der Waals surface area contributed by atoms with Gasteiger partial charge in [-0.05, 0) is 47.3 Å². The third kappa shape index (κ3) is 1.91. The number of halogens is 1. The van der Waals surface area contributed by atoms with Gasteiger partial charge in [0.25, 0.3) is 0 Å². The Hall–Kier alpha value is -0.610. The quantitative estimate of drug-likeness (QED) is 0.872. The Morgan fingerprint density at radius 1 is 1.50 bits per heavy atom. The van der Waals surface area contributed by atoms with Crippen molar-refractivity contribution in [2.24, 2.45) is 0 Å². The van der Waals surface area contributed by atoms with Crippen molar-refractivity contribution in [2.45, 2.75) is 24.8 Å². The zero-order valence-corrected chi connectivity index (χ0v) is 9.42. The van der Waals surface area contributed by atoms with Crippen molar-refractivity contribution in [3.63, 3.8) is 0 Å². The van der Waals surface area contributed by atoms with Crippen LogP contribution in [0.25, 0.3) is 0 Å². The molecule has 1 aromatic rings. The van der Waals surface area contributed by atoms with Gasteiger partial charge in [0.2, 0.25) is 0 Å². The van der Waals surface area contributed by atoms with Crippen LogP contribution in [0.15, 0.2) is 22.8 Å². The largest absolute Gasteiger partial charge is 0.394 e. The fraction of sp³-hybridized carbons (Fsp3) is 0.500. The topological polar surface area (TPSA) is 45.1 Å². The van der Waals surface area contributed by atoms with Gasteiger partial charge in [0.15, 0.2) is 0 Å². The summed E-state index contributed by atoms with van der Waals surface area (Å²) in [5, 5.41) is 12.5. The minimum atomic E-state index is -0.110. The van der Waals surface area contributed by atoms with Crippen LogP contribution < -0.4 is 5.32 Å². The van der Waals surface area contributed by atoms with E-state index in [4.69, 9.17) is 0 Å². The molecule has 0 unspecified atom stereocenters. The van der Waals surface area contributed by atoms with Crippen molar-refractivity contribution in [1.82, 2.24) is 4.98 Å². The maximum absolute atomic E-state index is 9.25. The molecule has 1 heterocycles. The minimum absolute atomic E-state index is 0.110. The molecule has 1 fully saturated rings. The van der Waals surface area contributed by atoms with Gasteiger partial charge in [0.1, 0.15) is 5.82 Å². The number of anilines is 1. The normalized spacial score (nSPS) is 18.7. The number of rotatable bonds is 3. The smallest absolute Gasteiger partial charge is 0.126 e. The monoisotopic (exact) mass is 256 g/mol. The van der Waals surface area contributed by atoms with Crippen molar-refractivity contribution in [3.8, 4) is 0 Å². The van der Waals surface area contributed by atoms with Crippen LogP contribution in [0.5, 0.6) is 0 Å². The van der Waals surface area contributed by atoms with Crippen LogP contribution in [0, 0.1) is 0 Å². The van der Waals surface area contributed by atoms with E-state index < -0.39 is 0 Å². The molecule has 4 heteroatoms. The van der Waals surface area contributed by atoms with E-state index in [1.54, 1.807) is 6.20 Å². The Balaban J connectivity index is 2.06. The van der Waals surface area contributed by atoms with Crippen LogP contribution in [0.3, 0.4) is 0 Å². The van der Waals surface area contributed by atoms with Crippen molar-refractivity contribution in [3.05, 3.63) is 22.8 Å². The second-order valence-electron chi connectivity index (χ2n) is 3.78. The molecule has 0 saturated heterocycles. The molecular formula is C10H13BrN2O. The summed E-state index contributed by atoms with van der Waals surface area (Å²) < 4.78 is 0.967. The highest BCUT2D eigenvalue weighted by Crippen LogP contribution is 2.34. The first kappa shape index (κ1) is 9.93. The van der Waals surface area contributed by atoms with Crippen LogP contribution in [0.1, 0.15) is 19.3 Å². The van der Waals surface area contributed by atoms with Crippen molar-refractivity contribution < 1.29 is 5.11 Å². The molecule has 2 rings (SSSR count). The molecule has 3 nitrogen and oxygen atoms in total. The number of hydrogen-bond acceptors (Lipinski definition) is 3. The molecule has 76 valence electrons. The van der Waals surface area contributed by atoms with E-state index in [0.29, 0.717) is 0 Å². The highest BCUT2D eigenvalue weighted by Gasteiger charge is 2.36. The van der Waals surface area contributed by atoms with E-state index in [1.165, 1.54) is 6.42 Å². The van der Waals surface area contributed by atoms with E-state index in [9.17, 15) is 5.11 Å². The average molecular weight is 257 g/mol. The van der Waals surface area contributed by atoms with Crippen molar-refractivity contribution in [2.75, 3.05) is 11.9 Å². The molecule has 0 radical (unpaired) electrons. The van der Waals surface area contributed by atoms with Gasteiger partial charge in [0, 0.05) is 10.7 Å². The Bertz CT molecular complexity index is 303. The van der Waals surface area contributed by atoms with Crippen LogP contribution in [-0.2, 0) is 0 Å². The van der Waals surface area contributed by atoms with E-state index in [0.717, 1.165) is 23.1 Å². The van der Waals surface area contributed by atoms with E-state index in [-0.39, 0.29) is 12.1 Å². The maximum Gasteiger partial charge on any atom is 0.126 e. The standard InChI is InChI=1S/C10H13BrN2O/c11-8-2-3-9(12-6-8)13-10(7-14)4-1-5-10/h2-3,6,14H,1,4-5,7H2,(H,12,13). The lowest BCUT2D eigenvalue weighted by atomic mass is 9.77. The Morgan fingerprint density at radius 3 is 2.71 bits per heavy atom. The van der Waals surface area contributed by atoms with Gasteiger partial charge in [-0.25, -0.2) is 4.98 Å². The van der Waals surface area contributed by atoms with Gasteiger partial charge in [-0.3, -0.25) is 0 Å². The average Bonchev–Trinajstić information content (AvgIpc) is 2.15. The first-order valence-electron chi connectivity index (χ1n) is 4.75. The Kier molecular flexibility index (Phi) is 2.74. The third-order valence-electron chi connectivity index (χ3n) is 2.73. The van der Waals surface area contributed by atoms with Gasteiger partial charge in [0.05, 0.1) is 12.1 Å². The molecule has 0 aromatic carbocycles. The molecule has 0 atom stereocenters. The first-order chi connectivity index (χ1) is 6.74. The highest BCUT2D eigenvalue weighted by atomic mass is 79.9. The zero-order valence-electron chi connectivity index (χ0n) is 7.83. The van der Waals surface area contributed by atoms with Crippen LogP contribution in [0.2, 0.25) is 0 Å². The van der Waals surface area contributed by atoms with Crippen LogP contribution in [-0.4, -0.2) is 22.2 Å². The lowest BCUT2D eigenvalue weighted by molar-refractivity contribution is 0.144. The maximum atomic E-state index is 9.25. The van der Waals surface area contributed by atoms with Crippen LogP contribution in [0.4, 0.5) is 5.82 Å². The Labute approximate surface area is 91.7 Å². The van der Waals surface area contributed by atoms with Gasteiger partial charge in [-0.1, -0.05) is 0 Å². The molecule has 0 aliphatic heterocycles. The van der Waals surface area contributed by atoms with Crippen molar-refractivity contribution in [1.29, 1.82) is 0 Å². The fourth-order valence-corrected chi connectivity index (χ4v) is 1.88. The second-order valence-corrected chi connectivity index (χ2v) is 4.69. The van der Waals surface area contributed by atoms with Gasteiger partial charge >= 0.3 is 0 Å². The molecule has 0 amide bonds. The molecular weight excluding hydrogens is 244 g/mol. The molecule has 1 aliphatic carbocycles. The predicted octanol–water partition coefficient (Wildman–Crippen LogP) is 2.17. The summed E-state index contributed by atoms with van der Waals surface area (Å²) in [4.78, 5) is 4.22. The summed E-state index contributed by atoms with van der Waals surface area (Å²) in [7, 11) is 0. The number of nitrogens with one attached hydrogen (secondary N) is 1. The van der Waals surface area contributed by atoms with E-state index in [2.05, 4.69) is 26.2 Å². The zero-order chi connectivity index (χ0) is 10.0. The SMILES string of the molecule is OCC1(Nc2ccc(Br)cn2)CCC1. The summed E-state index contributed by atoms with van der Waals surface area (Å²) in [6.45, 7) is 0.185. The van der Waals surface area contributed by atoms with E-state index in [1.807, 2.05) is 12.1 Å². The summed E-state index contributed by atoms with van der Waals surface area (Å²) in [5.74, 6) is 0.835. The number of pyridine rings is 1. The van der Waals surface area contributed by atoms with E-state index >= 15 is 0 Å².